The van der Waals surface area contributed by atoms with Crippen molar-refractivity contribution in [2.24, 2.45) is 0 Å². The van der Waals surface area contributed by atoms with Gasteiger partial charge in [0.15, 0.2) is 5.78 Å². The summed E-state index contributed by atoms with van der Waals surface area (Å²) in [5, 5.41) is 3.00. The van der Waals surface area contributed by atoms with Gasteiger partial charge in [-0.1, -0.05) is 29.8 Å². The molecule has 5 nitrogen and oxygen atoms in total. The fourth-order valence-corrected chi connectivity index (χ4v) is 3.19. The van der Waals surface area contributed by atoms with Crippen LogP contribution in [0.25, 0.3) is 0 Å². The number of hydrogen-bond donors (Lipinski definition) is 1. The Bertz CT molecular complexity index is 778. The average molecular weight is 351 g/mol. The number of hydrogen-bond acceptors (Lipinski definition) is 3. The number of piperazine rings is 1. The molecule has 1 N–H and O–H groups in total. The van der Waals surface area contributed by atoms with Crippen LogP contribution < -0.4 is 10.2 Å². The molecule has 0 radical (unpaired) electrons. The fourth-order valence-electron chi connectivity index (χ4n) is 3.19. The summed E-state index contributed by atoms with van der Waals surface area (Å²) in [6, 6.07) is 15.8. The van der Waals surface area contributed by atoms with E-state index in [1.165, 1.54) is 5.56 Å². The molecule has 1 heterocycles. The number of nitrogens with one attached hydrogen (secondary N) is 1. The third-order valence-electron chi connectivity index (χ3n) is 4.73. The molecule has 136 valence electrons. The van der Waals surface area contributed by atoms with Crippen LogP contribution in [0, 0.1) is 6.92 Å². The van der Waals surface area contributed by atoms with Crippen molar-refractivity contribution in [2.75, 3.05) is 31.1 Å². The normalized spacial score (nSPS) is 14.2. The standard InChI is InChI=1S/C21H25N3O2/c1-16-4-3-5-18(14-16)15-22-21(26)24-12-10-23(11-13-24)20-8-6-19(7-9-20)17(2)25/h3-9,14H,10-13,15H2,1-2H3,(H,22,26). The van der Waals surface area contributed by atoms with Crippen molar-refractivity contribution in [3.05, 3.63) is 65.2 Å². The molecule has 0 aromatic heterocycles. The van der Waals surface area contributed by atoms with Gasteiger partial charge in [0.1, 0.15) is 0 Å². The van der Waals surface area contributed by atoms with Crippen LogP contribution in [0.2, 0.25) is 0 Å². The van der Waals surface area contributed by atoms with Crippen LogP contribution in [-0.4, -0.2) is 42.9 Å². The highest BCUT2D eigenvalue weighted by molar-refractivity contribution is 5.94. The molecule has 2 aromatic rings. The zero-order chi connectivity index (χ0) is 18.5. The largest absolute Gasteiger partial charge is 0.368 e. The molecular weight excluding hydrogens is 326 g/mol. The minimum Gasteiger partial charge on any atom is -0.368 e. The van der Waals surface area contributed by atoms with E-state index in [-0.39, 0.29) is 11.8 Å². The van der Waals surface area contributed by atoms with Crippen LogP contribution in [0.3, 0.4) is 0 Å². The van der Waals surface area contributed by atoms with E-state index in [4.69, 9.17) is 0 Å². The van der Waals surface area contributed by atoms with Gasteiger partial charge >= 0.3 is 6.03 Å². The van der Waals surface area contributed by atoms with Gasteiger partial charge in [-0.25, -0.2) is 4.79 Å². The maximum atomic E-state index is 12.4. The molecule has 1 aliphatic rings. The molecule has 1 saturated heterocycles. The lowest BCUT2D eigenvalue weighted by Crippen LogP contribution is -2.51. The monoisotopic (exact) mass is 351 g/mol. The van der Waals surface area contributed by atoms with E-state index in [0.717, 1.165) is 29.9 Å². The van der Waals surface area contributed by atoms with E-state index in [0.29, 0.717) is 19.6 Å². The maximum Gasteiger partial charge on any atom is 0.317 e. The average Bonchev–Trinajstić information content (AvgIpc) is 2.66. The quantitative estimate of drug-likeness (QED) is 0.861. The lowest BCUT2D eigenvalue weighted by atomic mass is 10.1. The summed E-state index contributed by atoms with van der Waals surface area (Å²) in [7, 11) is 0. The summed E-state index contributed by atoms with van der Waals surface area (Å²) in [4.78, 5) is 27.8. The number of rotatable bonds is 4. The van der Waals surface area contributed by atoms with Crippen molar-refractivity contribution < 1.29 is 9.59 Å². The summed E-state index contributed by atoms with van der Waals surface area (Å²) in [6.07, 6.45) is 0. The molecule has 5 heteroatoms. The van der Waals surface area contributed by atoms with Gasteiger partial charge in [-0.3, -0.25) is 4.79 Å². The molecule has 2 amide bonds. The van der Waals surface area contributed by atoms with Gasteiger partial charge in [-0.2, -0.15) is 0 Å². The van der Waals surface area contributed by atoms with Gasteiger partial charge in [0.05, 0.1) is 0 Å². The zero-order valence-corrected chi connectivity index (χ0v) is 15.4. The van der Waals surface area contributed by atoms with Crippen LogP contribution >= 0.6 is 0 Å². The van der Waals surface area contributed by atoms with Crippen molar-refractivity contribution >= 4 is 17.5 Å². The van der Waals surface area contributed by atoms with Crippen LogP contribution in [0.1, 0.15) is 28.4 Å². The minimum absolute atomic E-state index is 0.0157. The second-order valence-corrected chi connectivity index (χ2v) is 6.72. The Labute approximate surface area is 154 Å². The van der Waals surface area contributed by atoms with Crippen LogP contribution in [-0.2, 0) is 6.54 Å². The summed E-state index contributed by atoms with van der Waals surface area (Å²) in [6.45, 7) is 7.13. The Morgan fingerprint density at radius 3 is 2.31 bits per heavy atom. The van der Waals surface area contributed by atoms with E-state index >= 15 is 0 Å². The number of amides is 2. The van der Waals surface area contributed by atoms with E-state index in [9.17, 15) is 9.59 Å². The van der Waals surface area contributed by atoms with E-state index in [1.807, 2.05) is 54.3 Å². The second-order valence-electron chi connectivity index (χ2n) is 6.72. The van der Waals surface area contributed by atoms with Crippen molar-refractivity contribution in [3.8, 4) is 0 Å². The fraction of sp³-hybridized carbons (Fsp3) is 0.333. The van der Waals surface area contributed by atoms with Crippen LogP contribution in [0.5, 0.6) is 0 Å². The molecule has 0 aliphatic carbocycles. The number of Topliss-reactive ketones (excluding diaryl/α,β-unsaturated/α-hetero) is 1. The summed E-state index contributed by atoms with van der Waals surface area (Å²) in [5.74, 6) is 0.0756. The van der Waals surface area contributed by atoms with E-state index < -0.39 is 0 Å². The smallest absolute Gasteiger partial charge is 0.317 e. The van der Waals surface area contributed by atoms with Gasteiger partial charge in [0, 0.05) is 44.0 Å². The molecule has 0 saturated carbocycles. The first-order valence-electron chi connectivity index (χ1n) is 8.97. The number of ketones is 1. The van der Waals surface area contributed by atoms with Crippen molar-refractivity contribution in [3.63, 3.8) is 0 Å². The summed E-state index contributed by atoms with van der Waals surface area (Å²) < 4.78 is 0. The first kappa shape index (κ1) is 18.0. The number of aryl methyl sites for hydroxylation is 1. The Morgan fingerprint density at radius 2 is 1.69 bits per heavy atom. The number of anilines is 1. The number of benzene rings is 2. The lowest BCUT2D eigenvalue weighted by molar-refractivity contribution is 0.101. The molecule has 3 rings (SSSR count). The van der Waals surface area contributed by atoms with Gasteiger partial charge < -0.3 is 15.1 Å². The van der Waals surface area contributed by atoms with Gasteiger partial charge in [0.25, 0.3) is 0 Å². The van der Waals surface area contributed by atoms with Crippen molar-refractivity contribution in [1.29, 1.82) is 0 Å². The number of urea groups is 1. The number of nitrogens with zero attached hydrogens (tertiary/aromatic N) is 2. The molecule has 26 heavy (non-hydrogen) atoms. The summed E-state index contributed by atoms with van der Waals surface area (Å²) >= 11 is 0. The Hall–Kier alpha value is -2.82. The minimum atomic E-state index is -0.0157. The topological polar surface area (TPSA) is 52.7 Å². The van der Waals surface area contributed by atoms with Crippen molar-refractivity contribution in [2.45, 2.75) is 20.4 Å². The molecule has 2 aromatic carbocycles. The molecule has 0 bridgehead atoms. The highest BCUT2D eigenvalue weighted by Crippen LogP contribution is 2.17. The highest BCUT2D eigenvalue weighted by Gasteiger charge is 2.21. The van der Waals surface area contributed by atoms with Gasteiger partial charge in [0.2, 0.25) is 0 Å². The zero-order valence-electron chi connectivity index (χ0n) is 15.4. The first-order chi connectivity index (χ1) is 12.5. The van der Waals surface area contributed by atoms with Gasteiger partial charge in [-0.15, -0.1) is 0 Å². The number of carbonyl (C=O) groups is 2. The van der Waals surface area contributed by atoms with Crippen molar-refractivity contribution in [1.82, 2.24) is 10.2 Å². The highest BCUT2D eigenvalue weighted by atomic mass is 16.2. The second kappa shape index (κ2) is 8.04. The van der Waals surface area contributed by atoms with Crippen LogP contribution in [0.15, 0.2) is 48.5 Å². The SMILES string of the molecule is CC(=O)c1ccc(N2CCN(C(=O)NCc3cccc(C)c3)CC2)cc1. The van der Waals surface area contributed by atoms with Crippen LogP contribution in [0.4, 0.5) is 10.5 Å². The molecular formula is C21H25N3O2. The van der Waals surface area contributed by atoms with Gasteiger partial charge in [-0.05, 0) is 43.7 Å². The van der Waals surface area contributed by atoms with E-state index in [2.05, 4.69) is 16.3 Å². The summed E-state index contributed by atoms with van der Waals surface area (Å²) in [5.41, 5.74) is 4.13. The Morgan fingerprint density at radius 1 is 1.00 bits per heavy atom. The molecule has 0 spiro atoms. The molecule has 0 unspecified atom stereocenters. The molecule has 0 atom stereocenters. The molecule has 1 fully saturated rings. The predicted molar refractivity (Wildman–Crippen MR) is 104 cm³/mol. The third-order valence-corrected chi connectivity index (χ3v) is 4.73. The predicted octanol–water partition coefficient (Wildman–Crippen LogP) is 3.23. The molecule has 1 aliphatic heterocycles. The maximum absolute atomic E-state index is 12.4. The first-order valence-corrected chi connectivity index (χ1v) is 8.97. The van der Waals surface area contributed by atoms with E-state index in [1.54, 1.807) is 6.92 Å². The third kappa shape index (κ3) is 4.42. The lowest BCUT2D eigenvalue weighted by Gasteiger charge is -2.36. The Balaban J connectivity index is 1.49. The number of carbonyl (C=O) groups excluding carboxylic acids is 2. The Kier molecular flexibility index (Phi) is 5.56.